The van der Waals surface area contributed by atoms with Crippen molar-refractivity contribution in [3.05, 3.63) is 34.5 Å². The van der Waals surface area contributed by atoms with Crippen LogP contribution in [0.3, 0.4) is 0 Å². The van der Waals surface area contributed by atoms with Crippen LogP contribution in [-0.2, 0) is 27.8 Å². The van der Waals surface area contributed by atoms with Gasteiger partial charge in [-0.05, 0) is 31.9 Å². The molecule has 0 saturated carbocycles. The lowest BCUT2D eigenvalue weighted by Crippen LogP contribution is -2.48. The van der Waals surface area contributed by atoms with E-state index in [-0.39, 0.29) is 12.3 Å². The number of thiophene rings is 1. The predicted octanol–water partition coefficient (Wildman–Crippen LogP) is 1.72. The van der Waals surface area contributed by atoms with Crippen LogP contribution >= 0.6 is 11.3 Å². The summed E-state index contributed by atoms with van der Waals surface area (Å²) in [6.07, 6.45) is 2.08. The quantitative estimate of drug-likeness (QED) is 0.683. The molecular formula is C19H26N4O4S2. The van der Waals surface area contributed by atoms with Crippen LogP contribution < -0.4 is 0 Å². The average Bonchev–Trinajstić information content (AvgIpc) is 3.44. The number of carbonyl (C=O) groups excluding carboxylic acids is 1. The van der Waals surface area contributed by atoms with Crippen LogP contribution in [0.15, 0.2) is 26.9 Å². The van der Waals surface area contributed by atoms with E-state index in [4.69, 9.17) is 4.52 Å². The highest BCUT2D eigenvalue weighted by molar-refractivity contribution is 7.91. The Morgan fingerprint density at radius 3 is 2.52 bits per heavy atom. The number of rotatable bonds is 6. The molecule has 2 aliphatic rings. The maximum atomic E-state index is 12.7. The van der Waals surface area contributed by atoms with Gasteiger partial charge in [0.1, 0.15) is 9.97 Å². The van der Waals surface area contributed by atoms with Crippen LogP contribution in [0.5, 0.6) is 0 Å². The van der Waals surface area contributed by atoms with E-state index in [1.165, 1.54) is 11.3 Å². The van der Waals surface area contributed by atoms with Gasteiger partial charge in [-0.25, -0.2) is 8.42 Å². The van der Waals surface area contributed by atoms with Crippen molar-refractivity contribution in [2.24, 2.45) is 0 Å². The summed E-state index contributed by atoms with van der Waals surface area (Å²) in [5, 5.41) is 4.02. The Hall–Kier alpha value is -1.75. The Bertz CT molecular complexity index is 955. The summed E-state index contributed by atoms with van der Waals surface area (Å²) in [6.45, 7) is 6.69. The second-order valence-corrected chi connectivity index (χ2v) is 10.9. The molecular weight excluding hydrogens is 412 g/mol. The third-order valence-corrected chi connectivity index (χ3v) is 8.86. The Balaban J connectivity index is 1.29. The molecule has 2 aromatic rings. The minimum absolute atomic E-state index is 0.0499. The number of hydrogen-bond acceptors (Lipinski definition) is 7. The third kappa shape index (κ3) is 4.71. The van der Waals surface area contributed by atoms with E-state index in [1.807, 2.05) is 17.9 Å². The molecule has 2 aromatic heterocycles. The minimum Gasteiger partial charge on any atom is -0.361 e. The van der Waals surface area contributed by atoms with E-state index in [9.17, 15) is 13.2 Å². The molecule has 158 valence electrons. The summed E-state index contributed by atoms with van der Waals surface area (Å²) >= 11 is 1.22. The molecule has 4 heterocycles. The molecule has 0 bridgehead atoms. The molecule has 2 aliphatic heterocycles. The molecule has 0 spiro atoms. The SMILES string of the molecule is Cc1cc(CN2CCN(C(=O)Cc3ccc(S(=O)(=O)N4CCCC4)s3)CC2)no1. The first-order chi connectivity index (χ1) is 13.9. The fourth-order valence-electron chi connectivity index (χ4n) is 3.79. The third-order valence-electron chi connectivity index (χ3n) is 5.41. The standard InChI is InChI=1S/C19H26N4O4S2/c1-15-12-16(20-27-15)14-21-8-10-22(11-9-21)18(24)13-17-4-5-19(28-17)29(25,26)23-6-2-3-7-23/h4-5,12H,2-3,6-11,13-14H2,1H3. The van der Waals surface area contributed by atoms with Crippen molar-refractivity contribution >= 4 is 27.3 Å². The smallest absolute Gasteiger partial charge is 0.252 e. The van der Waals surface area contributed by atoms with Gasteiger partial charge in [0.2, 0.25) is 5.91 Å². The first-order valence-corrected chi connectivity index (χ1v) is 12.2. The highest BCUT2D eigenvalue weighted by Gasteiger charge is 2.29. The Morgan fingerprint density at radius 1 is 1.14 bits per heavy atom. The topological polar surface area (TPSA) is 87.0 Å². The number of nitrogens with zero attached hydrogens (tertiary/aromatic N) is 4. The van der Waals surface area contributed by atoms with Gasteiger partial charge in [-0.3, -0.25) is 9.69 Å². The molecule has 4 rings (SSSR count). The van der Waals surface area contributed by atoms with Crippen LogP contribution in [0.2, 0.25) is 0 Å². The highest BCUT2D eigenvalue weighted by atomic mass is 32.2. The van der Waals surface area contributed by atoms with Gasteiger partial charge in [-0.15, -0.1) is 11.3 Å². The molecule has 2 saturated heterocycles. The number of piperazine rings is 1. The summed E-state index contributed by atoms with van der Waals surface area (Å²) in [7, 11) is -3.41. The van der Waals surface area contributed by atoms with Crippen molar-refractivity contribution in [2.75, 3.05) is 39.3 Å². The average molecular weight is 439 g/mol. The summed E-state index contributed by atoms with van der Waals surface area (Å²) in [5.74, 6) is 0.852. The highest BCUT2D eigenvalue weighted by Crippen LogP contribution is 2.28. The van der Waals surface area contributed by atoms with E-state index in [0.29, 0.717) is 30.4 Å². The largest absolute Gasteiger partial charge is 0.361 e. The lowest BCUT2D eigenvalue weighted by Gasteiger charge is -2.34. The maximum Gasteiger partial charge on any atom is 0.252 e. The molecule has 0 aromatic carbocycles. The number of hydrogen-bond donors (Lipinski definition) is 0. The zero-order valence-corrected chi connectivity index (χ0v) is 18.2. The van der Waals surface area contributed by atoms with Gasteiger partial charge in [0.25, 0.3) is 10.0 Å². The van der Waals surface area contributed by atoms with Crippen molar-refractivity contribution in [3.8, 4) is 0 Å². The molecule has 0 unspecified atom stereocenters. The Labute approximate surface area is 175 Å². The van der Waals surface area contributed by atoms with Crippen molar-refractivity contribution in [1.82, 2.24) is 19.3 Å². The van der Waals surface area contributed by atoms with Crippen LogP contribution in [0.1, 0.15) is 29.2 Å². The van der Waals surface area contributed by atoms with E-state index in [0.717, 1.165) is 48.8 Å². The van der Waals surface area contributed by atoms with Crippen molar-refractivity contribution in [2.45, 2.75) is 36.9 Å². The first-order valence-electron chi connectivity index (χ1n) is 9.93. The Morgan fingerprint density at radius 2 is 1.86 bits per heavy atom. The molecule has 0 atom stereocenters. The second-order valence-electron chi connectivity index (χ2n) is 7.59. The summed E-state index contributed by atoms with van der Waals surface area (Å²) in [6, 6.07) is 5.34. The van der Waals surface area contributed by atoms with Gasteiger partial charge >= 0.3 is 0 Å². The molecule has 10 heteroatoms. The molecule has 0 radical (unpaired) electrons. The van der Waals surface area contributed by atoms with Gasteiger partial charge in [0.15, 0.2) is 0 Å². The van der Waals surface area contributed by atoms with Gasteiger partial charge in [0.05, 0.1) is 12.1 Å². The molecule has 8 nitrogen and oxygen atoms in total. The first kappa shape index (κ1) is 20.5. The monoisotopic (exact) mass is 438 g/mol. The van der Waals surface area contributed by atoms with Crippen molar-refractivity contribution < 1.29 is 17.7 Å². The van der Waals surface area contributed by atoms with Crippen LogP contribution in [0, 0.1) is 6.92 Å². The molecule has 2 fully saturated rings. The molecule has 0 N–H and O–H groups in total. The Kier molecular flexibility index (Phi) is 6.05. The van der Waals surface area contributed by atoms with Gasteiger partial charge in [-0.2, -0.15) is 4.31 Å². The zero-order chi connectivity index (χ0) is 20.4. The maximum absolute atomic E-state index is 12.7. The number of sulfonamides is 1. The van der Waals surface area contributed by atoms with Crippen LogP contribution in [-0.4, -0.2) is 72.9 Å². The fraction of sp³-hybridized carbons (Fsp3) is 0.579. The lowest BCUT2D eigenvalue weighted by molar-refractivity contribution is -0.132. The zero-order valence-electron chi connectivity index (χ0n) is 16.5. The van der Waals surface area contributed by atoms with Gasteiger partial charge < -0.3 is 9.42 Å². The van der Waals surface area contributed by atoms with Crippen LogP contribution in [0.25, 0.3) is 0 Å². The summed E-state index contributed by atoms with van der Waals surface area (Å²) in [4.78, 5) is 17.6. The number of aromatic nitrogens is 1. The normalized spacial score (nSPS) is 19.1. The van der Waals surface area contributed by atoms with Gasteiger partial charge in [0, 0.05) is 56.8 Å². The molecule has 29 heavy (non-hydrogen) atoms. The number of aryl methyl sites for hydroxylation is 1. The number of carbonyl (C=O) groups is 1. The van der Waals surface area contributed by atoms with E-state index >= 15 is 0 Å². The lowest BCUT2D eigenvalue weighted by atomic mass is 10.2. The summed E-state index contributed by atoms with van der Waals surface area (Å²) < 4.78 is 32.3. The minimum atomic E-state index is -3.41. The van der Waals surface area contributed by atoms with Crippen molar-refractivity contribution in [1.29, 1.82) is 0 Å². The van der Waals surface area contributed by atoms with Gasteiger partial charge in [-0.1, -0.05) is 5.16 Å². The van der Waals surface area contributed by atoms with Crippen LogP contribution in [0.4, 0.5) is 0 Å². The second kappa shape index (κ2) is 8.55. The predicted molar refractivity (Wildman–Crippen MR) is 109 cm³/mol. The molecule has 0 aliphatic carbocycles. The fourth-order valence-corrected chi connectivity index (χ4v) is 6.80. The van der Waals surface area contributed by atoms with E-state index in [2.05, 4.69) is 10.1 Å². The number of amides is 1. The van der Waals surface area contributed by atoms with E-state index in [1.54, 1.807) is 16.4 Å². The van der Waals surface area contributed by atoms with Crippen molar-refractivity contribution in [3.63, 3.8) is 0 Å². The summed E-state index contributed by atoms with van der Waals surface area (Å²) in [5.41, 5.74) is 0.910. The van der Waals surface area contributed by atoms with E-state index < -0.39 is 10.0 Å². The molecule has 1 amide bonds.